The van der Waals surface area contributed by atoms with Crippen LogP contribution in [0.1, 0.15) is 19.9 Å². The van der Waals surface area contributed by atoms with E-state index in [0.717, 1.165) is 17.1 Å². The summed E-state index contributed by atoms with van der Waals surface area (Å²) in [6.07, 6.45) is 0. The summed E-state index contributed by atoms with van der Waals surface area (Å²) in [7, 11) is 0. The molecular formula is C16H14ClFN2O. The molecule has 3 rings (SSSR count). The van der Waals surface area contributed by atoms with Gasteiger partial charge in [0.2, 0.25) is 0 Å². The van der Waals surface area contributed by atoms with Crippen LogP contribution in [-0.2, 0) is 0 Å². The standard InChI is InChI=1S/C16H14ClFN2O/c1-9(2)20-15-6-3-10(17)7-14(15)19-16(20)12-5-4-11(21)8-13(12)18/h3-9,21H,1-2H3. The van der Waals surface area contributed by atoms with Crippen LogP contribution < -0.4 is 0 Å². The minimum absolute atomic E-state index is 0.105. The number of phenols is 1. The summed E-state index contributed by atoms with van der Waals surface area (Å²) in [4.78, 5) is 4.51. The number of aromatic nitrogens is 2. The van der Waals surface area contributed by atoms with Crippen LogP contribution in [0.25, 0.3) is 22.4 Å². The molecule has 0 radical (unpaired) electrons. The molecule has 0 bridgehead atoms. The van der Waals surface area contributed by atoms with E-state index in [2.05, 4.69) is 4.98 Å². The molecule has 0 saturated heterocycles. The Hall–Kier alpha value is -2.07. The van der Waals surface area contributed by atoms with Crippen molar-refractivity contribution in [2.75, 3.05) is 0 Å². The Kier molecular flexibility index (Phi) is 3.33. The highest BCUT2D eigenvalue weighted by Crippen LogP contribution is 2.32. The molecular weight excluding hydrogens is 291 g/mol. The SMILES string of the molecule is CC(C)n1c(-c2ccc(O)cc2F)nc2cc(Cl)ccc21. The number of phenolic OH excluding ortho intramolecular Hbond substituents is 1. The minimum Gasteiger partial charge on any atom is -0.508 e. The number of halogens is 2. The summed E-state index contributed by atoms with van der Waals surface area (Å²) in [5.41, 5.74) is 1.98. The van der Waals surface area contributed by atoms with Crippen LogP contribution in [0.5, 0.6) is 5.75 Å². The largest absolute Gasteiger partial charge is 0.508 e. The second-order valence-electron chi connectivity index (χ2n) is 5.20. The van der Waals surface area contributed by atoms with Gasteiger partial charge in [-0.2, -0.15) is 0 Å². The first kappa shape index (κ1) is 13.9. The molecule has 5 heteroatoms. The molecule has 0 aliphatic heterocycles. The first-order valence-electron chi connectivity index (χ1n) is 6.63. The van der Waals surface area contributed by atoms with Crippen LogP contribution in [0.2, 0.25) is 5.02 Å². The molecule has 108 valence electrons. The molecule has 0 saturated carbocycles. The van der Waals surface area contributed by atoms with Crippen molar-refractivity contribution in [2.45, 2.75) is 19.9 Å². The highest BCUT2D eigenvalue weighted by Gasteiger charge is 2.18. The summed E-state index contributed by atoms with van der Waals surface area (Å²) >= 11 is 6.00. The van der Waals surface area contributed by atoms with Gasteiger partial charge in [0.15, 0.2) is 0 Å². The molecule has 3 nitrogen and oxygen atoms in total. The lowest BCUT2D eigenvalue weighted by atomic mass is 10.2. The molecule has 1 aromatic heterocycles. The third-order valence-electron chi connectivity index (χ3n) is 3.36. The van der Waals surface area contributed by atoms with Crippen LogP contribution in [0, 0.1) is 5.82 Å². The van der Waals surface area contributed by atoms with E-state index in [4.69, 9.17) is 11.6 Å². The fourth-order valence-corrected chi connectivity index (χ4v) is 2.64. The van der Waals surface area contributed by atoms with Crippen LogP contribution in [0.15, 0.2) is 36.4 Å². The van der Waals surface area contributed by atoms with Gasteiger partial charge in [0.1, 0.15) is 17.4 Å². The van der Waals surface area contributed by atoms with Crippen LogP contribution in [0.4, 0.5) is 4.39 Å². The van der Waals surface area contributed by atoms with E-state index in [-0.39, 0.29) is 11.8 Å². The van der Waals surface area contributed by atoms with Gasteiger partial charge in [-0.3, -0.25) is 0 Å². The molecule has 0 atom stereocenters. The fraction of sp³-hybridized carbons (Fsp3) is 0.188. The first-order valence-corrected chi connectivity index (χ1v) is 7.01. The Morgan fingerprint density at radius 3 is 2.62 bits per heavy atom. The predicted octanol–water partition coefficient (Wildman–Crippen LogP) is 4.78. The van der Waals surface area contributed by atoms with Crippen molar-refractivity contribution in [3.63, 3.8) is 0 Å². The van der Waals surface area contributed by atoms with Crippen molar-refractivity contribution in [3.8, 4) is 17.1 Å². The van der Waals surface area contributed by atoms with Gasteiger partial charge in [-0.25, -0.2) is 9.37 Å². The van der Waals surface area contributed by atoms with Gasteiger partial charge in [0, 0.05) is 17.1 Å². The van der Waals surface area contributed by atoms with Crippen molar-refractivity contribution >= 4 is 22.6 Å². The molecule has 0 amide bonds. The number of aromatic hydroxyl groups is 1. The summed E-state index contributed by atoms with van der Waals surface area (Å²) in [5, 5.41) is 9.95. The number of fused-ring (bicyclic) bond motifs is 1. The summed E-state index contributed by atoms with van der Waals surface area (Å²) in [5.74, 6) is -0.0791. The van der Waals surface area contributed by atoms with Crippen molar-refractivity contribution in [1.82, 2.24) is 9.55 Å². The van der Waals surface area contributed by atoms with E-state index in [1.165, 1.54) is 12.1 Å². The predicted molar refractivity (Wildman–Crippen MR) is 82.2 cm³/mol. The lowest BCUT2D eigenvalue weighted by Crippen LogP contribution is -2.04. The number of imidazole rings is 1. The first-order chi connectivity index (χ1) is 9.97. The molecule has 0 spiro atoms. The normalized spacial score (nSPS) is 11.5. The maximum atomic E-state index is 14.1. The zero-order chi connectivity index (χ0) is 15.1. The van der Waals surface area contributed by atoms with Crippen LogP contribution >= 0.6 is 11.6 Å². The van der Waals surface area contributed by atoms with E-state index in [1.807, 2.05) is 24.5 Å². The van der Waals surface area contributed by atoms with E-state index >= 15 is 0 Å². The number of nitrogens with zero attached hydrogens (tertiary/aromatic N) is 2. The van der Waals surface area contributed by atoms with Crippen molar-refractivity contribution < 1.29 is 9.50 Å². The third kappa shape index (κ3) is 2.36. The van der Waals surface area contributed by atoms with Gasteiger partial charge in [0.05, 0.1) is 16.6 Å². The minimum atomic E-state index is -0.502. The lowest BCUT2D eigenvalue weighted by Gasteiger charge is -2.13. The van der Waals surface area contributed by atoms with Gasteiger partial charge in [-0.1, -0.05) is 11.6 Å². The molecule has 3 aromatic rings. The third-order valence-corrected chi connectivity index (χ3v) is 3.60. The monoisotopic (exact) mass is 304 g/mol. The van der Waals surface area contributed by atoms with Crippen molar-refractivity contribution in [3.05, 3.63) is 47.2 Å². The summed E-state index contributed by atoms with van der Waals surface area (Å²) < 4.78 is 16.1. The molecule has 1 heterocycles. The lowest BCUT2D eigenvalue weighted by molar-refractivity contribution is 0.469. The molecule has 0 unspecified atom stereocenters. The maximum absolute atomic E-state index is 14.1. The molecule has 0 aliphatic rings. The zero-order valence-corrected chi connectivity index (χ0v) is 12.4. The maximum Gasteiger partial charge on any atom is 0.144 e. The summed E-state index contributed by atoms with van der Waals surface area (Å²) in [6, 6.07) is 9.62. The number of hydrogen-bond donors (Lipinski definition) is 1. The van der Waals surface area contributed by atoms with Crippen molar-refractivity contribution in [2.24, 2.45) is 0 Å². The van der Waals surface area contributed by atoms with Gasteiger partial charge in [-0.05, 0) is 44.2 Å². The fourth-order valence-electron chi connectivity index (χ4n) is 2.47. The van der Waals surface area contributed by atoms with Gasteiger partial charge >= 0.3 is 0 Å². The van der Waals surface area contributed by atoms with Gasteiger partial charge in [0.25, 0.3) is 0 Å². The molecule has 0 aliphatic carbocycles. The summed E-state index contributed by atoms with van der Waals surface area (Å²) in [6.45, 7) is 4.02. The molecule has 2 aromatic carbocycles. The Bertz CT molecular complexity index is 827. The van der Waals surface area contributed by atoms with Gasteiger partial charge in [-0.15, -0.1) is 0 Å². The number of benzene rings is 2. The Morgan fingerprint density at radius 2 is 1.95 bits per heavy atom. The molecule has 21 heavy (non-hydrogen) atoms. The quantitative estimate of drug-likeness (QED) is 0.739. The van der Waals surface area contributed by atoms with Crippen molar-refractivity contribution in [1.29, 1.82) is 0 Å². The van der Waals surface area contributed by atoms with Crippen LogP contribution in [0.3, 0.4) is 0 Å². The van der Waals surface area contributed by atoms with E-state index in [0.29, 0.717) is 16.4 Å². The smallest absolute Gasteiger partial charge is 0.144 e. The van der Waals surface area contributed by atoms with Gasteiger partial charge < -0.3 is 9.67 Å². The Balaban J connectivity index is 2.33. The van der Waals surface area contributed by atoms with E-state index < -0.39 is 5.82 Å². The topological polar surface area (TPSA) is 38.0 Å². The average Bonchev–Trinajstić information content (AvgIpc) is 2.76. The zero-order valence-electron chi connectivity index (χ0n) is 11.6. The highest BCUT2D eigenvalue weighted by atomic mass is 35.5. The second-order valence-corrected chi connectivity index (χ2v) is 5.63. The highest BCUT2D eigenvalue weighted by molar-refractivity contribution is 6.31. The second kappa shape index (κ2) is 5.04. The number of rotatable bonds is 2. The Morgan fingerprint density at radius 1 is 1.19 bits per heavy atom. The average molecular weight is 305 g/mol. The van der Waals surface area contributed by atoms with Crippen LogP contribution in [-0.4, -0.2) is 14.7 Å². The van der Waals surface area contributed by atoms with E-state index in [9.17, 15) is 9.50 Å². The Labute approximate surface area is 126 Å². The molecule has 1 N–H and O–H groups in total. The molecule has 0 fully saturated rings. The number of hydrogen-bond acceptors (Lipinski definition) is 2. The van der Waals surface area contributed by atoms with E-state index in [1.54, 1.807) is 12.1 Å².